The molecule has 8 heteroatoms. The van der Waals surface area contributed by atoms with Gasteiger partial charge in [-0.15, -0.1) is 0 Å². The van der Waals surface area contributed by atoms with Gasteiger partial charge in [0.1, 0.15) is 0 Å². The van der Waals surface area contributed by atoms with Gasteiger partial charge in [0.2, 0.25) is 0 Å². The summed E-state index contributed by atoms with van der Waals surface area (Å²) in [6.07, 6.45) is 3.01. The number of rotatable bonds is 5. The van der Waals surface area contributed by atoms with Crippen molar-refractivity contribution in [2.75, 3.05) is 26.2 Å². The second kappa shape index (κ2) is 6.00. The van der Waals surface area contributed by atoms with Crippen LogP contribution in [0.3, 0.4) is 0 Å². The van der Waals surface area contributed by atoms with E-state index in [-0.39, 0.29) is 11.1 Å². The fraction of sp³-hybridized carbons (Fsp3) is 0.727. The zero-order chi connectivity index (χ0) is 13.9. The van der Waals surface area contributed by atoms with Crippen LogP contribution in [-0.2, 0) is 21.8 Å². The molecule has 0 atom stereocenters. The number of aryl methyl sites for hydroxylation is 1. The lowest BCUT2D eigenvalue weighted by Crippen LogP contribution is -2.41. The van der Waals surface area contributed by atoms with Crippen molar-refractivity contribution in [2.24, 2.45) is 12.8 Å². The molecule has 0 radical (unpaired) electrons. The van der Waals surface area contributed by atoms with Gasteiger partial charge in [0.15, 0.2) is 5.03 Å². The van der Waals surface area contributed by atoms with E-state index in [4.69, 9.17) is 10.5 Å². The van der Waals surface area contributed by atoms with E-state index in [0.29, 0.717) is 39.1 Å². The molecule has 0 spiro atoms. The Labute approximate surface area is 113 Å². The molecule has 1 aromatic heterocycles. The van der Waals surface area contributed by atoms with Crippen LogP contribution in [0.15, 0.2) is 17.3 Å². The van der Waals surface area contributed by atoms with Crippen molar-refractivity contribution < 1.29 is 13.2 Å². The van der Waals surface area contributed by atoms with Crippen LogP contribution in [0.1, 0.15) is 12.8 Å². The minimum Gasteiger partial charge on any atom is -0.377 e. The molecular formula is C11H20N4O3S. The number of hydrogen-bond acceptors (Lipinski definition) is 5. The van der Waals surface area contributed by atoms with Crippen molar-refractivity contribution in [2.45, 2.75) is 24.0 Å². The lowest BCUT2D eigenvalue weighted by Gasteiger charge is -2.30. The molecule has 1 aliphatic heterocycles. The van der Waals surface area contributed by atoms with Gasteiger partial charge >= 0.3 is 0 Å². The number of ether oxygens (including phenoxy) is 1. The van der Waals surface area contributed by atoms with Crippen LogP contribution in [0.25, 0.3) is 0 Å². The molecule has 19 heavy (non-hydrogen) atoms. The molecule has 1 fully saturated rings. The van der Waals surface area contributed by atoms with Crippen molar-refractivity contribution >= 4 is 10.0 Å². The maximum atomic E-state index is 12.4. The highest BCUT2D eigenvalue weighted by Gasteiger charge is 2.31. The highest BCUT2D eigenvalue weighted by molar-refractivity contribution is 7.89. The summed E-state index contributed by atoms with van der Waals surface area (Å²) >= 11 is 0. The summed E-state index contributed by atoms with van der Waals surface area (Å²) in [5.74, 6) is 0. The van der Waals surface area contributed by atoms with Gasteiger partial charge in [0, 0.05) is 26.7 Å². The van der Waals surface area contributed by atoms with Gasteiger partial charge in [0.25, 0.3) is 10.0 Å². The first-order valence-electron chi connectivity index (χ1n) is 6.35. The van der Waals surface area contributed by atoms with Crippen molar-refractivity contribution in [3.8, 4) is 0 Å². The molecule has 2 rings (SSSR count). The summed E-state index contributed by atoms with van der Waals surface area (Å²) in [5.41, 5.74) is 5.38. The van der Waals surface area contributed by atoms with Crippen molar-refractivity contribution in [3.05, 3.63) is 12.3 Å². The largest absolute Gasteiger partial charge is 0.377 e. The second-order valence-corrected chi connectivity index (χ2v) is 6.44. The topological polar surface area (TPSA) is 90.5 Å². The summed E-state index contributed by atoms with van der Waals surface area (Å²) in [6.45, 7) is 1.97. The summed E-state index contributed by atoms with van der Waals surface area (Å²) < 4.78 is 33.2. The Morgan fingerprint density at radius 2 is 2.16 bits per heavy atom. The second-order valence-electron chi connectivity index (χ2n) is 4.56. The summed E-state index contributed by atoms with van der Waals surface area (Å²) in [5, 5.41) is 4.14. The van der Waals surface area contributed by atoms with Gasteiger partial charge in [-0.1, -0.05) is 0 Å². The average molecular weight is 288 g/mol. The molecule has 1 saturated heterocycles. The van der Waals surface area contributed by atoms with Gasteiger partial charge in [0.05, 0.1) is 18.9 Å². The minimum absolute atomic E-state index is 0.113. The van der Waals surface area contributed by atoms with Crippen LogP contribution in [0.5, 0.6) is 0 Å². The minimum atomic E-state index is -3.44. The summed E-state index contributed by atoms with van der Waals surface area (Å²) in [7, 11) is -1.81. The van der Waals surface area contributed by atoms with Crippen LogP contribution < -0.4 is 5.73 Å². The molecule has 7 nitrogen and oxygen atoms in total. The van der Waals surface area contributed by atoms with Gasteiger partial charge in [-0.3, -0.25) is 4.68 Å². The SMILES string of the molecule is Cn1nccc1S(=O)(=O)N1CCC(OCCN)CC1. The molecule has 2 N–H and O–H groups in total. The number of nitrogens with zero attached hydrogens (tertiary/aromatic N) is 3. The highest BCUT2D eigenvalue weighted by Crippen LogP contribution is 2.21. The fourth-order valence-corrected chi connectivity index (χ4v) is 3.79. The van der Waals surface area contributed by atoms with Gasteiger partial charge < -0.3 is 10.5 Å². The van der Waals surface area contributed by atoms with Crippen LogP contribution in [0.2, 0.25) is 0 Å². The number of nitrogens with two attached hydrogens (primary N) is 1. The van der Waals surface area contributed by atoms with E-state index >= 15 is 0 Å². The lowest BCUT2D eigenvalue weighted by molar-refractivity contribution is 0.0257. The van der Waals surface area contributed by atoms with E-state index in [1.807, 2.05) is 0 Å². The van der Waals surface area contributed by atoms with Gasteiger partial charge in [-0.2, -0.15) is 9.40 Å². The zero-order valence-electron chi connectivity index (χ0n) is 11.0. The van der Waals surface area contributed by atoms with Gasteiger partial charge in [-0.25, -0.2) is 8.42 Å². The predicted octanol–water partition coefficient (Wildman–Crippen LogP) is -0.451. The Balaban J connectivity index is 2.00. The Kier molecular flexibility index (Phi) is 4.56. The molecule has 0 saturated carbocycles. The van der Waals surface area contributed by atoms with E-state index in [9.17, 15) is 8.42 Å². The predicted molar refractivity (Wildman–Crippen MR) is 70.0 cm³/mol. The first-order chi connectivity index (χ1) is 9.05. The van der Waals surface area contributed by atoms with E-state index < -0.39 is 10.0 Å². The maximum Gasteiger partial charge on any atom is 0.260 e. The molecule has 0 aromatic carbocycles. The molecule has 108 valence electrons. The molecule has 0 amide bonds. The zero-order valence-corrected chi connectivity index (χ0v) is 11.8. The van der Waals surface area contributed by atoms with Crippen LogP contribution in [0.4, 0.5) is 0 Å². The monoisotopic (exact) mass is 288 g/mol. The van der Waals surface area contributed by atoms with E-state index in [0.717, 1.165) is 0 Å². The lowest BCUT2D eigenvalue weighted by atomic mass is 10.1. The number of aromatic nitrogens is 2. The number of hydrogen-bond donors (Lipinski definition) is 1. The van der Waals surface area contributed by atoms with Crippen molar-refractivity contribution in [3.63, 3.8) is 0 Å². The Morgan fingerprint density at radius 1 is 1.47 bits per heavy atom. The quantitative estimate of drug-likeness (QED) is 0.792. The van der Waals surface area contributed by atoms with E-state index in [1.165, 1.54) is 21.3 Å². The number of piperidine rings is 1. The average Bonchev–Trinajstić information content (AvgIpc) is 2.84. The first kappa shape index (κ1) is 14.4. The standard InChI is InChI=1S/C11H20N4O3S/c1-14-11(2-6-13-14)19(16,17)15-7-3-10(4-8-15)18-9-5-12/h2,6,10H,3-5,7-9,12H2,1H3. The molecule has 1 aromatic rings. The molecule has 0 aliphatic carbocycles. The Bertz CT molecular complexity index is 506. The van der Waals surface area contributed by atoms with E-state index in [1.54, 1.807) is 7.05 Å². The van der Waals surface area contributed by atoms with Crippen molar-refractivity contribution in [1.29, 1.82) is 0 Å². The molecule has 0 bridgehead atoms. The Hall–Kier alpha value is -0.960. The van der Waals surface area contributed by atoms with Crippen LogP contribution in [0, 0.1) is 0 Å². The van der Waals surface area contributed by atoms with Crippen molar-refractivity contribution in [1.82, 2.24) is 14.1 Å². The smallest absolute Gasteiger partial charge is 0.260 e. The van der Waals surface area contributed by atoms with Gasteiger partial charge in [-0.05, 0) is 18.9 Å². The fourth-order valence-electron chi connectivity index (χ4n) is 2.22. The molecular weight excluding hydrogens is 268 g/mol. The number of sulfonamides is 1. The summed E-state index contributed by atoms with van der Waals surface area (Å²) in [4.78, 5) is 0. The third-order valence-corrected chi connectivity index (χ3v) is 5.23. The molecule has 0 unspecified atom stereocenters. The third kappa shape index (κ3) is 3.14. The van der Waals surface area contributed by atoms with Crippen LogP contribution >= 0.6 is 0 Å². The normalized spacial score (nSPS) is 18.8. The third-order valence-electron chi connectivity index (χ3n) is 3.25. The molecule has 1 aliphatic rings. The first-order valence-corrected chi connectivity index (χ1v) is 7.79. The molecule has 2 heterocycles. The Morgan fingerprint density at radius 3 is 2.68 bits per heavy atom. The highest BCUT2D eigenvalue weighted by atomic mass is 32.2. The maximum absolute atomic E-state index is 12.4. The van der Waals surface area contributed by atoms with E-state index in [2.05, 4.69) is 5.10 Å². The van der Waals surface area contributed by atoms with Crippen LogP contribution in [-0.4, -0.2) is 54.8 Å². The summed E-state index contributed by atoms with van der Waals surface area (Å²) in [6, 6.07) is 1.52.